The first-order valence-electron chi connectivity index (χ1n) is 9.43. The lowest BCUT2D eigenvalue weighted by Gasteiger charge is -2.30. The fraction of sp³-hybridized carbons (Fsp3) is 0.348. The van der Waals surface area contributed by atoms with Gasteiger partial charge in [-0.1, -0.05) is 26.0 Å². The van der Waals surface area contributed by atoms with E-state index in [2.05, 4.69) is 11.0 Å². The second-order valence-corrected chi connectivity index (χ2v) is 6.07. The van der Waals surface area contributed by atoms with Crippen molar-refractivity contribution in [2.75, 3.05) is 45.9 Å². The Balaban J connectivity index is 0.00000136. The Morgan fingerprint density at radius 2 is 1.68 bits per heavy atom. The van der Waals surface area contributed by atoms with Gasteiger partial charge in [-0.2, -0.15) is 5.26 Å². The molecule has 0 unspecified atom stereocenters. The van der Waals surface area contributed by atoms with Crippen LogP contribution in [-0.4, -0.2) is 41.0 Å². The van der Waals surface area contributed by atoms with Crippen LogP contribution >= 0.6 is 0 Å². The topological polar surface area (TPSA) is 54.7 Å². The van der Waals surface area contributed by atoms with Gasteiger partial charge >= 0.3 is 0 Å². The van der Waals surface area contributed by atoms with E-state index in [0.717, 1.165) is 33.9 Å². The first kappa shape index (κ1) is 21.3. The summed E-state index contributed by atoms with van der Waals surface area (Å²) in [6, 6.07) is 16.0. The number of rotatable bonds is 6. The molecule has 3 rings (SSSR count). The van der Waals surface area contributed by atoms with Gasteiger partial charge in [-0.25, -0.2) is 0 Å². The molecule has 1 aliphatic heterocycles. The number of nitriles is 1. The first-order valence-corrected chi connectivity index (χ1v) is 9.43. The van der Waals surface area contributed by atoms with Gasteiger partial charge in [0.05, 0.1) is 19.3 Å². The van der Waals surface area contributed by atoms with Gasteiger partial charge in [-0.3, -0.25) is 0 Å². The van der Waals surface area contributed by atoms with E-state index in [4.69, 9.17) is 14.2 Å². The molecular formula is C23H28N2O3. The summed E-state index contributed by atoms with van der Waals surface area (Å²) >= 11 is 0. The standard InChI is InChI=1S/C21H22N2O3.C2H6/c1-23-14-20(15-4-6-16(7-5-15)26-11-10-24-2)19(13-22)18-9-8-17(25-3)12-21(18)23;1-2/h4-9,12H,10-11,14H2,1-3H3;1-2H3. The van der Waals surface area contributed by atoms with Gasteiger partial charge in [-0.05, 0) is 35.4 Å². The van der Waals surface area contributed by atoms with Crippen LogP contribution in [0.15, 0.2) is 42.5 Å². The van der Waals surface area contributed by atoms with E-state index in [1.807, 2.05) is 63.4 Å². The SMILES string of the molecule is CC.COCCOc1ccc(C2=C(C#N)c3ccc(OC)cc3N(C)C2)cc1. The fourth-order valence-corrected chi connectivity index (χ4v) is 3.09. The monoisotopic (exact) mass is 380 g/mol. The molecule has 0 amide bonds. The minimum Gasteiger partial charge on any atom is -0.497 e. The molecule has 0 spiro atoms. The largest absolute Gasteiger partial charge is 0.497 e. The van der Waals surface area contributed by atoms with Crippen molar-refractivity contribution in [1.29, 1.82) is 5.26 Å². The summed E-state index contributed by atoms with van der Waals surface area (Å²) in [7, 11) is 5.32. The van der Waals surface area contributed by atoms with E-state index in [9.17, 15) is 5.26 Å². The minimum absolute atomic E-state index is 0.514. The van der Waals surface area contributed by atoms with Gasteiger partial charge in [0.25, 0.3) is 0 Å². The number of benzene rings is 2. The fourth-order valence-electron chi connectivity index (χ4n) is 3.09. The van der Waals surface area contributed by atoms with Crippen molar-refractivity contribution in [1.82, 2.24) is 0 Å². The number of anilines is 1. The number of nitrogens with zero attached hydrogens (tertiary/aromatic N) is 2. The third kappa shape index (κ3) is 4.65. The Bertz CT molecular complexity index is 851. The molecule has 28 heavy (non-hydrogen) atoms. The summed E-state index contributed by atoms with van der Waals surface area (Å²) in [5.41, 5.74) is 4.67. The zero-order valence-corrected chi connectivity index (χ0v) is 17.3. The van der Waals surface area contributed by atoms with E-state index in [1.54, 1.807) is 14.2 Å². The van der Waals surface area contributed by atoms with E-state index < -0.39 is 0 Å². The highest BCUT2D eigenvalue weighted by Crippen LogP contribution is 2.39. The molecule has 5 nitrogen and oxygen atoms in total. The van der Waals surface area contributed by atoms with Crippen LogP contribution < -0.4 is 14.4 Å². The van der Waals surface area contributed by atoms with Crippen molar-refractivity contribution in [3.8, 4) is 17.6 Å². The van der Waals surface area contributed by atoms with Crippen LogP contribution in [0.5, 0.6) is 11.5 Å². The van der Waals surface area contributed by atoms with Crippen molar-refractivity contribution in [3.05, 3.63) is 53.6 Å². The van der Waals surface area contributed by atoms with Gasteiger partial charge in [0.1, 0.15) is 24.2 Å². The Hall–Kier alpha value is -2.97. The van der Waals surface area contributed by atoms with E-state index in [0.29, 0.717) is 25.3 Å². The maximum Gasteiger partial charge on any atom is 0.120 e. The van der Waals surface area contributed by atoms with Crippen LogP contribution in [0.4, 0.5) is 5.69 Å². The van der Waals surface area contributed by atoms with Crippen LogP contribution in [0.2, 0.25) is 0 Å². The number of allylic oxidation sites excluding steroid dienone is 1. The summed E-state index contributed by atoms with van der Waals surface area (Å²) in [5, 5.41) is 9.78. The Morgan fingerprint density at radius 1 is 1.00 bits per heavy atom. The molecule has 1 aliphatic rings. The number of hydrogen-bond donors (Lipinski definition) is 0. The summed E-state index contributed by atoms with van der Waals surface area (Å²) < 4.78 is 15.9. The Kier molecular flexibility index (Phi) is 7.91. The van der Waals surface area contributed by atoms with Crippen molar-refractivity contribution in [2.45, 2.75) is 13.8 Å². The highest BCUT2D eigenvalue weighted by atomic mass is 16.5. The number of likely N-dealkylation sites (N-methyl/N-ethyl adjacent to an activating group) is 1. The highest BCUT2D eigenvalue weighted by Gasteiger charge is 2.24. The third-order valence-corrected chi connectivity index (χ3v) is 4.45. The van der Waals surface area contributed by atoms with Crippen LogP contribution in [0, 0.1) is 11.3 Å². The van der Waals surface area contributed by atoms with Gasteiger partial charge in [-0.15, -0.1) is 0 Å². The van der Waals surface area contributed by atoms with Crippen molar-refractivity contribution in [2.24, 2.45) is 0 Å². The smallest absolute Gasteiger partial charge is 0.120 e. The summed E-state index contributed by atoms with van der Waals surface area (Å²) in [5.74, 6) is 1.58. The van der Waals surface area contributed by atoms with E-state index in [-0.39, 0.29) is 0 Å². The van der Waals surface area contributed by atoms with Crippen LogP contribution in [0.25, 0.3) is 11.1 Å². The lowest BCUT2D eigenvalue weighted by Crippen LogP contribution is -2.25. The lowest BCUT2D eigenvalue weighted by atomic mass is 9.90. The number of ether oxygens (including phenoxy) is 3. The molecule has 0 radical (unpaired) electrons. The quantitative estimate of drug-likeness (QED) is 0.684. The number of hydrogen-bond acceptors (Lipinski definition) is 5. The second-order valence-electron chi connectivity index (χ2n) is 6.07. The maximum absolute atomic E-state index is 9.78. The Morgan fingerprint density at radius 3 is 2.29 bits per heavy atom. The molecule has 0 aliphatic carbocycles. The molecule has 2 aromatic rings. The Labute approximate surface area is 167 Å². The number of fused-ring (bicyclic) bond motifs is 1. The zero-order chi connectivity index (χ0) is 20.5. The van der Waals surface area contributed by atoms with Gasteiger partial charge in [0, 0.05) is 38.0 Å². The molecule has 0 bridgehead atoms. The molecular weight excluding hydrogens is 352 g/mol. The highest BCUT2D eigenvalue weighted by molar-refractivity contribution is 6.04. The summed E-state index contributed by atoms with van der Waals surface area (Å²) in [4.78, 5) is 2.14. The van der Waals surface area contributed by atoms with E-state index in [1.165, 1.54) is 0 Å². The molecule has 0 saturated carbocycles. The molecule has 0 atom stereocenters. The molecule has 5 heteroatoms. The minimum atomic E-state index is 0.514. The average molecular weight is 380 g/mol. The molecule has 2 aromatic carbocycles. The lowest BCUT2D eigenvalue weighted by molar-refractivity contribution is 0.146. The zero-order valence-electron chi connectivity index (χ0n) is 17.3. The maximum atomic E-state index is 9.78. The average Bonchev–Trinajstić information content (AvgIpc) is 2.75. The number of methoxy groups -OCH3 is 2. The molecule has 0 saturated heterocycles. The van der Waals surface area contributed by atoms with Crippen LogP contribution in [0.3, 0.4) is 0 Å². The predicted octanol–water partition coefficient (Wildman–Crippen LogP) is 4.63. The second kappa shape index (κ2) is 10.4. The molecule has 0 fully saturated rings. The van der Waals surface area contributed by atoms with Crippen molar-refractivity contribution < 1.29 is 14.2 Å². The van der Waals surface area contributed by atoms with Crippen molar-refractivity contribution in [3.63, 3.8) is 0 Å². The third-order valence-electron chi connectivity index (χ3n) is 4.45. The predicted molar refractivity (Wildman–Crippen MR) is 114 cm³/mol. The van der Waals surface area contributed by atoms with Crippen LogP contribution in [0.1, 0.15) is 25.0 Å². The summed E-state index contributed by atoms with van der Waals surface area (Å²) in [6.45, 7) is 5.73. The summed E-state index contributed by atoms with van der Waals surface area (Å²) in [6.07, 6.45) is 0. The molecule has 148 valence electrons. The van der Waals surface area contributed by atoms with E-state index >= 15 is 0 Å². The first-order chi connectivity index (χ1) is 13.7. The van der Waals surface area contributed by atoms with Crippen LogP contribution in [-0.2, 0) is 4.74 Å². The molecule has 0 aromatic heterocycles. The van der Waals surface area contributed by atoms with Gasteiger partial charge in [0.15, 0.2) is 0 Å². The molecule has 1 heterocycles. The van der Waals surface area contributed by atoms with Crippen molar-refractivity contribution >= 4 is 16.8 Å². The molecule has 0 N–H and O–H groups in total. The normalized spacial score (nSPS) is 12.5. The van der Waals surface area contributed by atoms with Gasteiger partial charge in [0.2, 0.25) is 0 Å². The van der Waals surface area contributed by atoms with Gasteiger partial charge < -0.3 is 19.1 Å².